The van der Waals surface area contributed by atoms with Gasteiger partial charge in [0.2, 0.25) is 5.95 Å². The van der Waals surface area contributed by atoms with Gasteiger partial charge in [0, 0.05) is 25.0 Å². The van der Waals surface area contributed by atoms with Crippen molar-refractivity contribution < 1.29 is 0 Å². The molecule has 3 rings (SSSR count). The number of hydrogen-bond acceptors (Lipinski definition) is 4. The number of benzene rings is 1. The van der Waals surface area contributed by atoms with Crippen LogP contribution < -0.4 is 10.2 Å². The molecular weight excluding hydrogens is 260 g/mol. The van der Waals surface area contributed by atoms with Crippen LogP contribution in [0, 0.1) is 5.92 Å². The molecule has 0 fully saturated rings. The second-order valence-electron chi connectivity index (χ2n) is 5.90. The molecule has 1 aromatic heterocycles. The van der Waals surface area contributed by atoms with Crippen molar-refractivity contribution in [3.8, 4) is 0 Å². The number of fused-ring (bicyclic) bond motifs is 1. The number of nitrogens with one attached hydrogen (secondary N) is 1. The van der Waals surface area contributed by atoms with Crippen LogP contribution in [0.3, 0.4) is 0 Å². The van der Waals surface area contributed by atoms with Crippen molar-refractivity contribution in [2.75, 3.05) is 23.3 Å². The van der Waals surface area contributed by atoms with Crippen LogP contribution in [0.4, 0.5) is 17.5 Å². The second kappa shape index (κ2) is 6.12. The van der Waals surface area contributed by atoms with Gasteiger partial charge in [-0.1, -0.05) is 32.0 Å². The van der Waals surface area contributed by atoms with E-state index < -0.39 is 0 Å². The fourth-order valence-electron chi connectivity index (χ4n) is 2.63. The predicted octanol–water partition coefficient (Wildman–Crippen LogP) is 3.63. The van der Waals surface area contributed by atoms with Crippen LogP contribution in [0.25, 0.3) is 0 Å². The molecule has 4 heteroatoms. The maximum Gasteiger partial charge on any atom is 0.231 e. The van der Waals surface area contributed by atoms with E-state index in [-0.39, 0.29) is 0 Å². The van der Waals surface area contributed by atoms with Crippen LogP contribution >= 0.6 is 0 Å². The van der Waals surface area contributed by atoms with Crippen molar-refractivity contribution in [1.29, 1.82) is 0 Å². The molecule has 0 unspecified atom stereocenters. The number of aryl methyl sites for hydroxylation is 1. The van der Waals surface area contributed by atoms with E-state index >= 15 is 0 Å². The fraction of sp³-hybridized carbons (Fsp3) is 0.412. The van der Waals surface area contributed by atoms with Gasteiger partial charge in [0.1, 0.15) is 5.82 Å². The first kappa shape index (κ1) is 13.9. The molecule has 0 bridgehead atoms. The third-order valence-electron chi connectivity index (χ3n) is 3.69. The molecule has 0 spiro atoms. The quantitative estimate of drug-likeness (QED) is 0.929. The Hall–Kier alpha value is -2.10. The van der Waals surface area contributed by atoms with Crippen LogP contribution in [0.2, 0.25) is 0 Å². The van der Waals surface area contributed by atoms with Gasteiger partial charge in [-0.15, -0.1) is 0 Å². The van der Waals surface area contributed by atoms with Crippen LogP contribution in [0.15, 0.2) is 36.5 Å². The highest BCUT2D eigenvalue weighted by molar-refractivity contribution is 5.64. The summed E-state index contributed by atoms with van der Waals surface area (Å²) in [5, 5.41) is 3.37. The predicted molar refractivity (Wildman–Crippen MR) is 87.1 cm³/mol. The van der Waals surface area contributed by atoms with Crippen LogP contribution in [0.1, 0.15) is 25.8 Å². The molecule has 0 aliphatic carbocycles. The number of para-hydroxylation sites is 1. The maximum absolute atomic E-state index is 4.67. The summed E-state index contributed by atoms with van der Waals surface area (Å²) in [6.07, 6.45) is 4.12. The molecule has 21 heavy (non-hydrogen) atoms. The Morgan fingerprint density at radius 3 is 2.95 bits per heavy atom. The summed E-state index contributed by atoms with van der Waals surface area (Å²) >= 11 is 0. The molecule has 0 radical (unpaired) electrons. The molecule has 1 aliphatic rings. The Morgan fingerprint density at radius 2 is 2.10 bits per heavy atom. The van der Waals surface area contributed by atoms with Gasteiger partial charge in [0.15, 0.2) is 0 Å². The fourth-order valence-corrected chi connectivity index (χ4v) is 2.63. The summed E-state index contributed by atoms with van der Waals surface area (Å²) in [7, 11) is 0. The lowest BCUT2D eigenvalue weighted by Crippen LogP contribution is -2.26. The Bertz CT molecular complexity index is 609. The summed E-state index contributed by atoms with van der Waals surface area (Å²) in [5.41, 5.74) is 2.62. The van der Waals surface area contributed by atoms with Crippen LogP contribution in [-0.2, 0) is 6.42 Å². The average Bonchev–Trinajstić information content (AvgIpc) is 2.52. The smallest absolute Gasteiger partial charge is 0.231 e. The van der Waals surface area contributed by atoms with Crippen molar-refractivity contribution >= 4 is 17.5 Å². The molecule has 110 valence electrons. The zero-order valence-corrected chi connectivity index (χ0v) is 12.7. The van der Waals surface area contributed by atoms with Crippen LogP contribution in [0.5, 0.6) is 0 Å². The van der Waals surface area contributed by atoms with Gasteiger partial charge in [0.05, 0.1) is 0 Å². The first-order valence-corrected chi connectivity index (χ1v) is 7.66. The third-order valence-corrected chi connectivity index (χ3v) is 3.69. The zero-order chi connectivity index (χ0) is 14.7. The van der Waals surface area contributed by atoms with Crippen molar-refractivity contribution in [1.82, 2.24) is 9.97 Å². The van der Waals surface area contributed by atoms with Crippen molar-refractivity contribution in [3.63, 3.8) is 0 Å². The van der Waals surface area contributed by atoms with Gasteiger partial charge < -0.3 is 10.2 Å². The summed E-state index contributed by atoms with van der Waals surface area (Å²) in [5.74, 6) is 2.28. The summed E-state index contributed by atoms with van der Waals surface area (Å²) in [6.45, 7) is 6.28. The molecule has 4 nitrogen and oxygen atoms in total. The SMILES string of the molecule is CC(C)CNc1ccnc(N2CCCc3ccccc32)n1. The highest BCUT2D eigenvalue weighted by Crippen LogP contribution is 2.31. The molecule has 2 heterocycles. The largest absolute Gasteiger partial charge is 0.370 e. The normalized spacial score (nSPS) is 14.1. The number of rotatable bonds is 4. The van der Waals surface area contributed by atoms with E-state index in [1.165, 1.54) is 11.3 Å². The number of nitrogens with zero attached hydrogens (tertiary/aromatic N) is 3. The molecular formula is C17H22N4. The minimum atomic E-state index is 0.596. The minimum absolute atomic E-state index is 0.596. The van der Waals surface area contributed by atoms with Gasteiger partial charge >= 0.3 is 0 Å². The number of aromatic nitrogens is 2. The molecule has 1 N–H and O–H groups in total. The number of anilines is 3. The van der Waals surface area contributed by atoms with Gasteiger partial charge in [-0.3, -0.25) is 0 Å². The van der Waals surface area contributed by atoms with E-state index in [0.29, 0.717) is 5.92 Å². The monoisotopic (exact) mass is 282 g/mol. The van der Waals surface area contributed by atoms with E-state index in [0.717, 1.165) is 37.7 Å². The van der Waals surface area contributed by atoms with E-state index in [9.17, 15) is 0 Å². The van der Waals surface area contributed by atoms with Gasteiger partial charge in [-0.2, -0.15) is 4.98 Å². The van der Waals surface area contributed by atoms with Crippen molar-refractivity contribution in [2.24, 2.45) is 5.92 Å². The van der Waals surface area contributed by atoms with E-state index in [2.05, 4.69) is 58.3 Å². The first-order chi connectivity index (χ1) is 10.2. The maximum atomic E-state index is 4.67. The Labute approximate surface area is 126 Å². The minimum Gasteiger partial charge on any atom is -0.370 e. The Kier molecular flexibility index (Phi) is 4.04. The molecule has 0 amide bonds. The molecule has 1 aliphatic heterocycles. The highest BCUT2D eigenvalue weighted by Gasteiger charge is 2.19. The average molecular weight is 282 g/mol. The summed E-state index contributed by atoms with van der Waals surface area (Å²) < 4.78 is 0. The van der Waals surface area contributed by atoms with Gasteiger partial charge in [0.25, 0.3) is 0 Å². The summed E-state index contributed by atoms with van der Waals surface area (Å²) in [6, 6.07) is 10.5. The van der Waals surface area contributed by atoms with Crippen molar-refractivity contribution in [3.05, 3.63) is 42.1 Å². The van der Waals surface area contributed by atoms with Crippen molar-refractivity contribution in [2.45, 2.75) is 26.7 Å². The lowest BCUT2D eigenvalue weighted by atomic mass is 10.0. The van der Waals surface area contributed by atoms with Gasteiger partial charge in [-0.25, -0.2) is 4.98 Å². The standard InChI is InChI=1S/C17H22N4/c1-13(2)12-19-16-9-10-18-17(20-16)21-11-5-7-14-6-3-4-8-15(14)21/h3-4,6,8-10,13H,5,7,11-12H2,1-2H3,(H,18,19,20). The van der Waals surface area contributed by atoms with E-state index in [1.54, 1.807) is 0 Å². The van der Waals surface area contributed by atoms with E-state index in [1.807, 2.05) is 12.3 Å². The molecule has 1 aromatic carbocycles. The first-order valence-electron chi connectivity index (χ1n) is 7.66. The van der Waals surface area contributed by atoms with E-state index in [4.69, 9.17) is 0 Å². The Morgan fingerprint density at radius 1 is 1.24 bits per heavy atom. The molecule has 0 atom stereocenters. The lowest BCUT2D eigenvalue weighted by molar-refractivity contribution is 0.686. The summed E-state index contributed by atoms with van der Waals surface area (Å²) in [4.78, 5) is 11.4. The number of hydrogen-bond donors (Lipinski definition) is 1. The van der Waals surface area contributed by atoms with Crippen LogP contribution in [-0.4, -0.2) is 23.1 Å². The lowest BCUT2D eigenvalue weighted by Gasteiger charge is -2.29. The molecule has 0 saturated carbocycles. The molecule has 0 saturated heterocycles. The second-order valence-corrected chi connectivity index (χ2v) is 5.90. The Balaban J connectivity index is 1.86. The molecule has 2 aromatic rings. The zero-order valence-electron chi connectivity index (χ0n) is 12.7. The topological polar surface area (TPSA) is 41.1 Å². The highest BCUT2D eigenvalue weighted by atomic mass is 15.3. The van der Waals surface area contributed by atoms with Gasteiger partial charge in [-0.05, 0) is 36.5 Å². The third kappa shape index (κ3) is 3.15.